The minimum atomic E-state index is 0.444. The Hall–Kier alpha value is -0.570. The molecule has 0 saturated heterocycles. The molecule has 1 aromatic heterocycles. The van der Waals surface area contributed by atoms with Gasteiger partial charge in [0.05, 0.1) is 0 Å². The predicted octanol–water partition coefficient (Wildman–Crippen LogP) is 2.29. The molecule has 1 aromatic rings. The Bertz CT molecular complexity index is 267. The lowest BCUT2D eigenvalue weighted by Gasteiger charge is -2.11. The smallest absolute Gasteiger partial charge is 0.225 e. The van der Waals surface area contributed by atoms with Gasteiger partial charge in [-0.05, 0) is 30.9 Å². The van der Waals surface area contributed by atoms with E-state index in [9.17, 15) is 0 Å². The molecule has 0 spiro atoms. The van der Waals surface area contributed by atoms with Crippen LogP contribution in [0.4, 0.5) is 0 Å². The topological polar surface area (TPSA) is 30.7 Å². The molecule has 1 saturated carbocycles. The van der Waals surface area contributed by atoms with Crippen LogP contribution < -0.4 is 0 Å². The molecule has 2 rings (SSSR count). The first-order chi connectivity index (χ1) is 5.77. The third-order valence-electron chi connectivity index (χ3n) is 2.38. The third kappa shape index (κ3) is 1.61. The van der Waals surface area contributed by atoms with Crippen molar-refractivity contribution in [1.82, 2.24) is 14.8 Å². The molecular weight excluding hydrogens is 174 g/mol. The largest absolute Gasteiger partial charge is 0.302 e. The molecule has 0 N–H and O–H groups in total. The van der Waals surface area contributed by atoms with E-state index in [0.29, 0.717) is 11.3 Å². The molecule has 1 aliphatic carbocycles. The van der Waals surface area contributed by atoms with Gasteiger partial charge in [0.25, 0.3) is 0 Å². The van der Waals surface area contributed by atoms with Gasteiger partial charge in [-0.15, -0.1) is 10.2 Å². The first-order valence-electron chi connectivity index (χ1n) is 4.32. The van der Waals surface area contributed by atoms with E-state index < -0.39 is 0 Å². The highest BCUT2D eigenvalue weighted by Gasteiger charge is 2.24. The highest BCUT2D eigenvalue weighted by molar-refractivity contribution is 6.28. The number of hydrogen-bond acceptors (Lipinski definition) is 2. The van der Waals surface area contributed by atoms with Crippen molar-refractivity contribution in [2.45, 2.75) is 32.2 Å². The Balaban J connectivity index is 2.02. The average Bonchev–Trinajstić information content (AvgIpc) is 2.72. The minimum Gasteiger partial charge on any atom is -0.302 e. The van der Waals surface area contributed by atoms with E-state index in [4.69, 9.17) is 11.6 Å². The summed E-state index contributed by atoms with van der Waals surface area (Å²) in [4.78, 5) is 0. The zero-order chi connectivity index (χ0) is 8.55. The summed E-state index contributed by atoms with van der Waals surface area (Å²) >= 11 is 5.83. The van der Waals surface area contributed by atoms with E-state index in [1.54, 1.807) is 6.33 Å². The number of aromatic nitrogens is 3. The van der Waals surface area contributed by atoms with Crippen molar-refractivity contribution in [1.29, 1.82) is 0 Å². The molecule has 66 valence electrons. The van der Waals surface area contributed by atoms with Gasteiger partial charge in [-0.1, -0.05) is 12.8 Å². The molecule has 12 heavy (non-hydrogen) atoms. The van der Waals surface area contributed by atoms with Crippen LogP contribution >= 0.6 is 11.6 Å². The maximum absolute atomic E-state index is 5.83. The van der Waals surface area contributed by atoms with Crippen LogP contribution in [0.1, 0.15) is 32.2 Å². The second kappa shape index (κ2) is 3.05. The van der Waals surface area contributed by atoms with Crippen molar-refractivity contribution in [3.63, 3.8) is 0 Å². The number of halogens is 1. The highest BCUT2D eigenvalue weighted by Crippen LogP contribution is 2.37. The normalized spacial score (nSPS) is 19.5. The second-order valence-electron chi connectivity index (χ2n) is 3.54. The van der Waals surface area contributed by atoms with E-state index in [1.165, 1.54) is 19.3 Å². The van der Waals surface area contributed by atoms with Crippen LogP contribution in [0.5, 0.6) is 0 Å². The first kappa shape index (κ1) is 8.05. The van der Waals surface area contributed by atoms with E-state index in [-0.39, 0.29) is 0 Å². The van der Waals surface area contributed by atoms with Crippen LogP contribution in [0.2, 0.25) is 5.28 Å². The molecule has 4 heteroatoms. The van der Waals surface area contributed by atoms with Crippen LogP contribution in [0.25, 0.3) is 0 Å². The molecule has 0 aromatic carbocycles. The van der Waals surface area contributed by atoms with Gasteiger partial charge in [-0.2, -0.15) is 0 Å². The van der Waals surface area contributed by atoms with Crippen LogP contribution in [-0.4, -0.2) is 14.8 Å². The molecule has 0 bridgehead atoms. The molecule has 1 fully saturated rings. The first-order valence-corrected chi connectivity index (χ1v) is 4.70. The fourth-order valence-corrected chi connectivity index (χ4v) is 1.73. The zero-order valence-corrected chi connectivity index (χ0v) is 7.83. The van der Waals surface area contributed by atoms with Crippen LogP contribution in [-0.2, 0) is 0 Å². The van der Waals surface area contributed by atoms with Crippen molar-refractivity contribution in [3.8, 4) is 0 Å². The fraction of sp³-hybridized carbons (Fsp3) is 0.750. The fourth-order valence-electron chi connectivity index (χ4n) is 1.47. The monoisotopic (exact) mass is 185 g/mol. The third-order valence-corrected chi connectivity index (χ3v) is 2.65. The van der Waals surface area contributed by atoms with Gasteiger partial charge >= 0.3 is 0 Å². The van der Waals surface area contributed by atoms with E-state index in [1.807, 2.05) is 4.57 Å². The highest BCUT2D eigenvalue weighted by atomic mass is 35.5. The Morgan fingerprint density at radius 3 is 3.00 bits per heavy atom. The van der Waals surface area contributed by atoms with Gasteiger partial charge in [-0.25, -0.2) is 0 Å². The van der Waals surface area contributed by atoms with E-state index >= 15 is 0 Å². The Morgan fingerprint density at radius 1 is 1.75 bits per heavy atom. The Kier molecular flexibility index (Phi) is 2.05. The second-order valence-corrected chi connectivity index (χ2v) is 3.87. The van der Waals surface area contributed by atoms with Crippen molar-refractivity contribution in [2.75, 3.05) is 0 Å². The summed E-state index contributed by atoms with van der Waals surface area (Å²) in [5.41, 5.74) is 0. The quantitative estimate of drug-likeness (QED) is 0.724. The molecular formula is C8H12ClN3. The van der Waals surface area contributed by atoms with Gasteiger partial charge in [0.2, 0.25) is 5.28 Å². The van der Waals surface area contributed by atoms with Crippen molar-refractivity contribution >= 4 is 11.6 Å². The van der Waals surface area contributed by atoms with Crippen molar-refractivity contribution in [2.24, 2.45) is 5.92 Å². The zero-order valence-electron chi connectivity index (χ0n) is 7.07. The lowest BCUT2D eigenvalue weighted by molar-refractivity contribution is 0.476. The minimum absolute atomic E-state index is 0.444. The maximum atomic E-state index is 5.83. The van der Waals surface area contributed by atoms with Crippen LogP contribution in [0, 0.1) is 5.92 Å². The summed E-state index contributed by atoms with van der Waals surface area (Å²) in [6.07, 6.45) is 5.67. The van der Waals surface area contributed by atoms with E-state index in [0.717, 1.165) is 5.92 Å². The number of rotatable bonds is 3. The number of nitrogens with zero attached hydrogens (tertiary/aromatic N) is 3. The Labute approximate surface area is 76.7 Å². The summed E-state index contributed by atoms with van der Waals surface area (Å²) in [7, 11) is 0. The lowest BCUT2D eigenvalue weighted by Crippen LogP contribution is -2.04. The summed E-state index contributed by atoms with van der Waals surface area (Å²) in [5.74, 6) is 0.915. The molecule has 0 amide bonds. The standard InChI is InChI=1S/C8H12ClN3/c1-6(4-7-2-3-7)12-5-10-11-8(12)9/h5-7H,2-4H2,1H3. The summed E-state index contributed by atoms with van der Waals surface area (Å²) in [6.45, 7) is 2.16. The summed E-state index contributed by atoms with van der Waals surface area (Å²) < 4.78 is 1.93. The van der Waals surface area contributed by atoms with Gasteiger partial charge in [0.1, 0.15) is 6.33 Å². The van der Waals surface area contributed by atoms with Crippen molar-refractivity contribution < 1.29 is 0 Å². The molecule has 1 atom stereocenters. The number of hydrogen-bond donors (Lipinski definition) is 0. The maximum Gasteiger partial charge on any atom is 0.225 e. The molecule has 3 nitrogen and oxygen atoms in total. The molecule has 0 radical (unpaired) electrons. The average molecular weight is 186 g/mol. The molecule has 1 aliphatic rings. The molecule has 1 unspecified atom stereocenters. The summed E-state index contributed by atoms with van der Waals surface area (Å²) in [6, 6.07) is 0.444. The van der Waals surface area contributed by atoms with Crippen LogP contribution in [0.3, 0.4) is 0 Å². The van der Waals surface area contributed by atoms with E-state index in [2.05, 4.69) is 17.1 Å². The van der Waals surface area contributed by atoms with Gasteiger partial charge in [0, 0.05) is 6.04 Å². The SMILES string of the molecule is CC(CC1CC1)n1cnnc1Cl. The van der Waals surface area contributed by atoms with Crippen molar-refractivity contribution in [3.05, 3.63) is 11.6 Å². The molecule has 0 aliphatic heterocycles. The van der Waals surface area contributed by atoms with Gasteiger partial charge < -0.3 is 4.57 Å². The van der Waals surface area contributed by atoms with Gasteiger partial charge in [-0.3, -0.25) is 0 Å². The van der Waals surface area contributed by atoms with Crippen LogP contribution in [0.15, 0.2) is 6.33 Å². The lowest BCUT2D eigenvalue weighted by atomic mass is 10.2. The Morgan fingerprint density at radius 2 is 2.50 bits per heavy atom. The summed E-state index contributed by atoms with van der Waals surface area (Å²) in [5, 5.41) is 8.00. The van der Waals surface area contributed by atoms with Gasteiger partial charge in [0.15, 0.2) is 0 Å². The molecule has 1 heterocycles. The predicted molar refractivity (Wildman–Crippen MR) is 47.1 cm³/mol.